The number of halogens is 1. The van der Waals surface area contributed by atoms with Crippen LogP contribution in [0.2, 0.25) is 0 Å². The number of amides is 1. The monoisotopic (exact) mass is 422 g/mol. The van der Waals surface area contributed by atoms with E-state index in [0.29, 0.717) is 11.7 Å². The summed E-state index contributed by atoms with van der Waals surface area (Å²) in [6.45, 7) is 1.34. The van der Waals surface area contributed by atoms with Crippen LogP contribution in [-0.2, 0) is 4.79 Å². The van der Waals surface area contributed by atoms with Gasteiger partial charge in [-0.25, -0.2) is 4.98 Å². The maximum Gasteiger partial charge on any atom is 0.252 e. The predicted molar refractivity (Wildman–Crippen MR) is 110 cm³/mol. The van der Waals surface area contributed by atoms with Crippen LogP contribution >= 0.6 is 22.7 Å². The number of hydrogen-bond acceptors (Lipinski definition) is 6. The van der Waals surface area contributed by atoms with E-state index in [1.54, 1.807) is 29.4 Å². The molecule has 0 aliphatic carbocycles. The summed E-state index contributed by atoms with van der Waals surface area (Å²) in [5.41, 5.74) is 0.871. The Morgan fingerprint density at radius 3 is 2.74 bits per heavy atom. The summed E-state index contributed by atoms with van der Waals surface area (Å²) in [4.78, 5) is 22.3. The number of carbonyl (C=O) groups excluding carboxylic acids is 1. The molecule has 144 valence electrons. The lowest BCUT2D eigenvalue weighted by molar-refractivity contribution is -0.114. The van der Waals surface area contributed by atoms with Crippen molar-refractivity contribution < 1.29 is 21.9 Å². The van der Waals surface area contributed by atoms with Gasteiger partial charge in [-0.3, -0.25) is 9.69 Å². The van der Waals surface area contributed by atoms with Crippen LogP contribution in [0.1, 0.15) is 4.88 Å². The zero-order valence-electron chi connectivity index (χ0n) is 15.4. The molecule has 1 amide bonds. The molecular formula is C19H21ClN3O2S2-. The quantitative estimate of drug-likeness (QED) is 0.532. The summed E-state index contributed by atoms with van der Waals surface area (Å²) in [6.07, 6.45) is 3.47. The normalized spacial score (nSPS) is 11.1. The van der Waals surface area contributed by atoms with E-state index in [1.807, 2.05) is 55.9 Å². The lowest BCUT2D eigenvalue weighted by Crippen LogP contribution is -3.00. The van der Waals surface area contributed by atoms with Gasteiger partial charge in [0.05, 0.1) is 17.3 Å². The van der Waals surface area contributed by atoms with Crippen LogP contribution < -0.4 is 22.0 Å². The summed E-state index contributed by atoms with van der Waals surface area (Å²) in [5, 5.41) is 2.70. The Kier molecular flexibility index (Phi) is 7.79. The lowest BCUT2D eigenvalue weighted by Gasteiger charge is -2.20. The van der Waals surface area contributed by atoms with Crippen LogP contribution in [-0.4, -0.2) is 50.1 Å². The largest absolute Gasteiger partial charge is 1.00 e. The highest BCUT2D eigenvalue weighted by Crippen LogP contribution is 2.31. The van der Waals surface area contributed by atoms with Gasteiger partial charge in [0.25, 0.3) is 5.91 Å². The second-order valence-electron chi connectivity index (χ2n) is 5.97. The Bertz CT molecular complexity index is 907. The molecule has 0 bridgehead atoms. The van der Waals surface area contributed by atoms with E-state index in [9.17, 15) is 4.79 Å². The number of fused-ring (bicyclic) bond motifs is 1. The number of rotatable bonds is 7. The topological polar surface area (TPSA) is 45.7 Å². The predicted octanol–water partition coefficient (Wildman–Crippen LogP) is 0.978. The molecule has 0 fully saturated rings. The summed E-state index contributed by atoms with van der Waals surface area (Å²) in [5.74, 6) is 0.725. The van der Waals surface area contributed by atoms with Crippen molar-refractivity contribution in [2.24, 2.45) is 0 Å². The average molecular weight is 423 g/mol. The van der Waals surface area contributed by atoms with E-state index in [1.165, 1.54) is 11.3 Å². The van der Waals surface area contributed by atoms with Crippen molar-refractivity contribution >= 4 is 50.0 Å². The molecule has 0 saturated carbocycles. The Morgan fingerprint density at radius 2 is 2.07 bits per heavy atom. The summed E-state index contributed by atoms with van der Waals surface area (Å²) < 4.78 is 6.28. The molecule has 0 aliphatic rings. The molecule has 2 aromatic heterocycles. The number of hydrogen-bond donors (Lipinski definition) is 0. The number of aromatic nitrogens is 1. The molecule has 3 rings (SSSR count). The van der Waals surface area contributed by atoms with E-state index >= 15 is 0 Å². The molecule has 3 aromatic rings. The van der Waals surface area contributed by atoms with Crippen molar-refractivity contribution in [3.63, 3.8) is 0 Å². The van der Waals surface area contributed by atoms with Gasteiger partial charge < -0.3 is 22.0 Å². The minimum Gasteiger partial charge on any atom is -1.00 e. The first-order valence-corrected chi connectivity index (χ1v) is 9.89. The van der Waals surface area contributed by atoms with Gasteiger partial charge in [-0.2, -0.15) is 0 Å². The van der Waals surface area contributed by atoms with E-state index < -0.39 is 0 Å². The molecule has 5 nitrogen and oxygen atoms in total. The van der Waals surface area contributed by atoms with Crippen LogP contribution in [0.4, 0.5) is 5.13 Å². The third-order valence-corrected chi connectivity index (χ3v) is 5.66. The van der Waals surface area contributed by atoms with E-state index in [4.69, 9.17) is 4.74 Å². The maximum atomic E-state index is 12.8. The highest BCUT2D eigenvalue weighted by atomic mass is 35.5. The van der Waals surface area contributed by atoms with Crippen molar-refractivity contribution in [3.8, 4) is 5.75 Å². The van der Waals surface area contributed by atoms with Crippen LogP contribution in [0.3, 0.4) is 0 Å². The summed E-state index contributed by atoms with van der Waals surface area (Å²) >= 11 is 3.11. The Morgan fingerprint density at radius 1 is 1.26 bits per heavy atom. The fourth-order valence-corrected chi connectivity index (χ4v) is 4.01. The Labute approximate surface area is 173 Å². The number of ether oxygens (including phenoxy) is 1. The highest BCUT2D eigenvalue weighted by Gasteiger charge is 2.18. The number of thiazole rings is 1. The second kappa shape index (κ2) is 9.85. The molecule has 1 aromatic carbocycles. The van der Waals surface area contributed by atoms with Crippen molar-refractivity contribution in [3.05, 3.63) is 46.7 Å². The first-order valence-electron chi connectivity index (χ1n) is 8.19. The number of benzene rings is 1. The minimum absolute atomic E-state index is 0. The van der Waals surface area contributed by atoms with Gasteiger partial charge in [0.15, 0.2) is 5.13 Å². The number of thiophene rings is 1. The number of carbonyl (C=O) groups is 1. The van der Waals surface area contributed by atoms with Gasteiger partial charge in [-0.1, -0.05) is 17.4 Å². The Hall–Kier alpha value is -1.93. The molecule has 0 radical (unpaired) electrons. The molecule has 0 aliphatic heterocycles. The van der Waals surface area contributed by atoms with E-state index in [0.717, 1.165) is 27.4 Å². The zero-order valence-corrected chi connectivity index (χ0v) is 17.8. The van der Waals surface area contributed by atoms with Gasteiger partial charge in [0.2, 0.25) is 0 Å². The number of methoxy groups -OCH3 is 1. The van der Waals surface area contributed by atoms with Crippen molar-refractivity contribution in [2.75, 3.05) is 39.2 Å². The third kappa shape index (κ3) is 5.52. The zero-order chi connectivity index (χ0) is 18.5. The molecule has 0 spiro atoms. The minimum atomic E-state index is -0.0636. The fourth-order valence-electron chi connectivity index (χ4n) is 2.36. The number of nitrogens with zero attached hydrogens (tertiary/aromatic N) is 3. The van der Waals surface area contributed by atoms with Crippen LogP contribution in [0.5, 0.6) is 5.75 Å². The molecule has 2 heterocycles. The van der Waals surface area contributed by atoms with Crippen LogP contribution in [0.25, 0.3) is 16.3 Å². The smallest absolute Gasteiger partial charge is 0.252 e. The molecule has 0 atom stereocenters. The first-order chi connectivity index (χ1) is 12.6. The van der Waals surface area contributed by atoms with E-state index in [-0.39, 0.29) is 18.3 Å². The van der Waals surface area contributed by atoms with Gasteiger partial charge in [0, 0.05) is 24.0 Å². The first kappa shape index (κ1) is 21.4. The third-order valence-electron chi connectivity index (χ3n) is 3.79. The van der Waals surface area contributed by atoms with E-state index in [2.05, 4.69) is 9.88 Å². The SMILES string of the molecule is COc1ccc2nc(N(CCN(C)C)C(=O)/C=C/c3cccs3)sc2c1.[Cl-]. The standard InChI is InChI=1S/C19H21N3O2S2.ClH/c1-21(2)10-11-22(18(23)9-7-15-5-4-12-25-15)19-20-16-8-6-14(24-3)13-17(16)26-19;/h4-9,12-13H,10-11H2,1-3H3;1H/p-1/b9-7+;. The summed E-state index contributed by atoms with van der Waals surface area (Å²) in [7, 11) is 5.63. The average Bonchev–Trinajstić information content (AvgIpc) is 3.28. The lowest BCUT2D eigenvalue weighted by atomic mass is 10.3. The second-order valence-corrected chi connectivity index (χ2v) is 7.96. The Balaban J connectivity index is 0.00000261. The van der Waals surface area contributed by atoms with Gasteiger partial charge >= 0.3 is 0 Å². The van der Waals surface area contributed by atoms with Gasteiger partial charge in [-0.05, 0) is 49.8 Å². The van der Waals surface area contributed by atoms with Crippen LogP contribution in [0, 0.1) is 0 Å². The van der Waals surface area contributed by atoms with Crippen molar-refractivity contribution in [1.82, 2.24) is 9.88 Å². The van der Waals surface area contributed by atoms with Crippen molar-refractivity contribution in [2.45, 2.75) is 0 Å². The van der Waals surface area contributed by atoms with Crippen molar-refractivity contribution in [1.29, 1.82) is 0 Å². The summed E-state index contributed by atoms with van der Waals surface area (Å²) in [6, 6.07) is 9.72. The van der Waals surface area contributed by atoms with Gasteiger partial charge in [-0.15, -0.1) is 11.3 Å². The number of likely N-dealkylation sites (N-methyl/N-ethyl adjacent to an activating group) is 1. The van der Waals surface area contributed by atoms with Gasteiger partial charge in [0.1, 0.15) is 5.75 Å². The molecular weight excluding hydrogens is 402 g/mol. The van der Waals surface area contributed by atoms with Crippen LogP contribution in [0.15, 0.2) is 41.8 Å². The highest BCUT2D eigenvalue weighted by molar-refractivity contribution is 7.22. The maximum absolute atomic E-state index is 12.8. The number of anilines is 1. The molecule has 0 saturated heterocycles. The molecule has 27 heavy (non-hydrogen) atoms. The fraction of sp³-hybridized carbons (Fsp3) is 0.263. The molecule has 8 heteroatoms. The molecule has 0 unspecified atom stereocenters. The molecule has 0 N–H and O–H groups in total.